The molecule has 21 rings (SSSR count). The summed E-state index contributed by atoms with van der Waals surface area (Å²) in [5.41, 5.74) is 16.1. The lowest BCUT2D eigenvalue weighted by Crippen LogP contribution is -2.55. The molecule has 17 aromatic rings. The summed E-state index contributed by atoms with van der Waals surface area (Å²) < 4.78 is 48.2. The van der Waals surface area contributed by atoms with Crippen molar-refractivity contribution in [2.24, 2.45) is 20.0 Å². The molecular weight excluding hydrogens is 1440 g/mol. The van der Waals surface area contributed by atoms with Crippen molar-refractivity contribution in [1.82, 2.24) is 111 Å². The predicted molar refractivity (Wildman–Crippen MR) is 422 cm³/mol. The van der Waals surface area contributed by atoms with E-state index < -0.39 is 22.7 Å². The van der Waals surface area contributed by atoms with Gasteiger partial charge in [0, 0.05) is 142 Å². The summed E-state index contributed by atoms with van der Waals surface area (Å²) in [6.07, 6.45) is 18.6. The molecule has 6 atom stereocenters. The van der Waals surface area contributed by atoms with Crippen molar-refractivity contribution in [3.63, 3.8) is 0 Å². The summed E-state index contributed by atoms with van der Waals surface area (Å²) in [7, 11) is 3.78. The normalized spacial score (nSPS) is 19.9. The molecule has 0 spiro atoms. The number of aromatic amines is 6. The van der Waals surface area contributed by atoms with Gasteiger partial charge in [-0.15, -0.1) is 0 Å². The van der Waals surface area contributed by atoms with Crippen LogP contribution in [0.25, 0.3) is 66.9 Å². The Morgan fingerprint density at radius 3 is 1.68 bits per heavy atom. The van der Waals surface area contributed by atoms with Crippen LogP contribution < -0.4 is 16.0 Å². The number of H-pyrrole nitrogens is 6. The quantitative estimate of drug-likeness (QED) is 0.0549. The number of hydrogen-bond acceptors (Lipinski definition) is 18. The van der Waals surface area contributed by atoms with Crippen molar-refractivity contribution in [2.75, 3.05) is 13.2 Å². The van der Waals surface area contributed by atoms with Crippen LogP contribution in [0.2, 0.25) is 0 Å². The molecule has 6 aromatic carbocycles. The number of rotatable bonds is 12. The van der Waals surface area contributed by atoms with Crippen molar-refractivity contribution in [1.29, 1.82) is 5.26 Å². The minimum absolute atomic E-state index is 0. The second-order valence-electron chi connectivity index (χ2n) is 29.5. The van der Waals surface area contributed by atoms with Crippen molar-refractivity contribution in [3.8, 4) is 40.2 Å². The van der Waals surface area contributed by atoms with Crippen LogP contribution in [0.3, 0.4) is 0 Å². The SMILES string of the molecule is C.Cc1ccc(-c2n[nH]c([C@H]3Cc4c([nH]c5cc(F)ccc45)C(c4cnn(C)c4)(C4CCOCC4)N3)n2)cc1.Cc1ccc(-c2n[nH]c([C@H]3Cc4c([nH]c5ccccc45)C(c4cccnc4)(c4ccoc4)N3)n2)cc1.Cc1nc(C2(c3cnn(C)c3)N[C@@H](c3nc(-c4ccc(F)cc4)n[nH]3)Cc3c2[nH]c2cccc(C#N)c32)no1. The Morgan fingerprint density at radius 2 is 1.09 bits per heavy atom. The molecule has 0 aliphatic carbocycles. The highest BCUT2D eigenvalue weighted by molar-refractivity contribution is 5.92. The number of hydrogen-bond donors (Lipinski definition) is 9. The van der Waals surface area contributed by atoms with E-state index in [0.29, 0.717) is 72.2 Å². The summed E-state index contributed by atoms with van der Waals surface area (Å²) in [5.74, 6) is 4.39. The van der Waals surface area contributed by atoms with Gasteiger partial charge in [-0.2, -0.15) is 35.7 Å². The van der Waals surface area contributed by atoms with Crippen LogP contribution >= 0.6 is 0 Å². The van der Waals surface area contributed by atoms with Crippen molar-refractivity contribution < 1.29 is 22.5 Å². The van der Waals surface area contributed by atoms with E-state index in [9.17, 15) is 14.0 Å². The number of nitrogens with zero attached hydrogens (tertiary/aromatic N) is 14. The van der Waals surface area contributed by atoms with Crippen LogP contribution in [0, 0.1) is 49.7 Å². The lowest BCUT2D eigenvalue weighted by molar-refractivity contribution is 0.0302. The second-order valence-corrected chi connectivity index (χ2v) is 29.5. The first-order valence-corrected chi connectivity index (χ1v) is 37.4. The fourth-order valence-corrected chi connectivity index (χ4v) is 17.2. The van der Waals surface area contributed by atoms with Gasteiger partial charge in [-0.25, -0.2) is 23.7 Å². The van der Waals surface area contributed by atoms with Crippen LogP contribution in [0.4, 0.5) is 8.78 Å². The number of aryl methyl sites for hydroxylation is 5. The van der Waals surface area contributed by atoms with Gasteiger partial charge in [0.1, 0.15) is 34.6 Å². The Hall–Kier alpha value is -13.5. The van der Waals surface area contributed by atoms with Crippen LogP contribution in [0.5, 0.6) is 0 Å². The molecule has 15 heterocycles. The summed E-state index contributed by atoms with van der Waals surface area (Å²) in [6, 6.07) is 49.3. The van der Waals surface area contributed by atoms with Gasteiger partial charge in [-0.1, -0.05) is 103 Å². The fourth-order valence-electron chi connectivity index (χ4n) is 17.2. The molecule has 570 valence electrons. The lowest BCUT2D eigenvalue weighted by atomic mass is 9.69. The minimum Gasteiger partial charge on any atom is -0.472 e. The van der Waals surface area contributed by atoms with Gasteiger partial charge in [-0.3, -0.25) is 45.6 Å². The van der Waals surface area contributed by atoms with E-state index >= 15 is 0 Å². The first-order valence-electron chi connectivity index (χ1n) is 37.4. The fraction of sp³-hybridized carbons (Fsp3) is 0.233. The van der Waals surface area contributed by atoms with E-state index in [0.717, 1.165) is 114 Å². The number of nitrogens with one attached hydrogen (secondary N) is 9. The van der Waals surface area contributed by atoms with Crippen LogP contribution in [0.15, 0.2) is 210 Å². The molecule has 28 heteroatoms. The van der Waals surface area contributed by atoms with Crippen LogP contribution in [-0.2, 0) is 54.7 Å². The molecule has 1 saturated heterocycles. The molecule has 0 saturated carbocycles. The minimum atomic E-state index is -1.11. The number of para-hydroxylation sites is 1. The highest BCUT2D eigenvalue weighted by Gasteiger charge is 2.53. The zero-order chi connectivity index (χ0) is 76.7. The average molecular weight is 1520 g/mol. The Bertz CT molecular complexity index is 6330. The van der Waals surface area contributed by atoms with E-state index in [-0.39, 0.29) is 37.1 Å². The first-order chi connectivity index (χ1) is 55.2. The second kappa shape index (κ2) is 29.0. The van der Waals surface area contributed by atoms with Gasteiger partial charge in [0.2, 0.25) is 11.7 Å². The molecule has 3 unspecified atom stereocenters. The monoisotopic (exact) mass is 1520 g/mol. The number of halogens is 2. The number of benzene rings is 6. The number of fused-ring (bicyclic) bond motifs is 9. The molecule has 4 aliphatic heterocycles. The number of pyridine rings is 1. The van der Waals surface area contributed by atoms with Gasteiger partial charge in [0.05, 0.1) is 65.9 Å². The van der Waals surface area contributed by atoms with E-state index in [1.54, 1.807) is 60.8 Å². The molecule has 0 amide bonds. The number of nitriles is 1. The van der Waals surface area contributed by atoms with E-state index in [1.165, 1.54) is 45.8 Å². The van der Waals surface area contributed by atoms with E-state index in [2.05, 4.69) is 180 Å². The molecular formula is C86H79F2N23O3. The van der Waals surface area contributed by atoms with E-state index in [4.69, 9.17) is 28.6 Å². The van der Waals surface area contributed by atoms with Gasteiger partial charge in [-0.05, 0) is 141 Å². The van der Waals surface area contributed by atoms with Crippen molar-refractivity contribution >= 4 is 32.7 Å². The summed E-state index contributed by atoms with van der Waals surface area (Å²) in [5, 5.41) is 61.1. The molecule has 26 nitrogen and oxygen atoms in total. The van der Waals surface area contributed by atoms with Gasteiger partial charge in [0.25, 0.3) is 0 Å². The summed E-state index contributed by atoms with van der Waals surface area (Å²) in [6.45, 7) is 7.27. The smallest absolute Gasteiger partial charge is 0.223 e. The van der Waals surface area contributed by atoms with E-state index in [1.807, 2.05) is 79.8 Å². The Morgan fingerprint density at radius 1 is 0.526 bits per heavy atom. The maximum Gasteiger partial charge on any atom is 0.223 e. The average Bonchev–Trinajstić information content (AvgIpc) is 1.58. The topological polar surface area (TPSA) is 342 Å². The zero-order valence-corrected chi connectivity index (χ0v) is 62.1. The highest BCUT2D eigenvalue weighted by Crippen LogP contribution is 2.52. The lowest BCUT2D eigenvalue weighted by Gasteiger charge is -2.47. The van der Waals surface area contributed by atoms with Crippen molar-refractivity contribution in [2.45, 2.75) is 95.0 Å². The van der Waals surface area contributed by atoms with Crippen molar-refractivity contribution in [3.05, 3.63) is 315 Å². The van der Waals surface area contributed by atoms with Crippen LogP contribution in [0.1, 0.15) is 140 Å². The third-order valence-corrected chi connectivity index (χ3v) is 22.5. The number of ether oxygens (including phenoxy) is 1. The highest BCUT2D eigenvalue weighted by atomic mass is 19.1. The third-order valence-electron chi connectivity index (χ3n) is 22.5. The molecule has 114 heavy (non-hydrogen) atoms. The largest absolute Gasteiger partial charge is 0.472 e. The standard InChI is InChI=1S/C29H30FN7O.C29H24N6O.C27H21FN10O.CH4/c1-17-3-5-18(6-4-17)27-33-28(36-35-27)25-14-23-22-8-7-21(30)13-24(22)32-26(23)29(34-25,19-9-11-38-12-10-19)20-15-31-37(2)16-20;1-18-8-10-19(11-9-18)27-32-28(35-34-27)25-15-23-22-6-2-3-7-24(22)31-26(23)29(33-25,21-12-14-36-17-21)20-5-4-13-30-16-20;1-14-31-26(37-39-14)27(17-12-30-38(2)13-17)23-19(22-16(11-29)4-3-5-20(22)32-23)10-21(34-27)25-33-24(35-36-25)15-6-8-18(28)9-7-15;/h3-8,13,15-16,19,25,32,34H,9-12,14H2,1-2H3,(H,33,35,36);2-14,16-17,25,31,33H,15H2,1H3,(H,32,34,35);3-9,12-13,21,32,34H,10H2,1-2H3,(H,33,35,36);1H4/t2*25-,29?;21-,27?;/m111./s1. The zero-order valence-electron chi connectivity index (χ0n) is 62.1. The molecule has 0 bridgehead atoms. The maximum atomic E-state index is 14.3. The Labute approximate surface area is 651 Å². The van der Waals surface area contributed by atoms with Gasteiger partial charge in [0.15, 0.2) is 23.0 Å². The molecule has 4 aliphatic rings. The predicted octanol–water partition coefficient (Wildman–Crippen LogP) is 14.3. The third kappa shape index (κ3) is 12.4. The van der Waals surface area contributed by atoms with Crippen LogP contribution in [-0.4, -0.2) is 108 Å². The Kier molecular flexibility index (Phi) is 18.3. The first kappa shape index (κ1) is 72.1. The van der Waals surface area contributed by atoms with Gasteiger partial charge >= 0.3 is 0 Å². The summed E-state index contributed by atoms with van der Waals surface area (Å²) >= 11 is 0. The molecule has 9 N–H and O–H groups in total. The molecule has 0 radical (unpaired) electrons. The maximum absolute atomic E-state index is 14.3. The summed E-state index contributed by atoms with van der Waals surface area (Å²) in [4.78, 5) is 34.7. The molecule has 1 fully saturated rings. The Balaban J connectivity index is 0.000000118. The number of aromatic nitrogens is 19. The molecule has 11 aromatic heterocycles. The number of furan rings is 1. The van der Waals surface area contributed by atoms with Gasteiger partial charge < -0.3 is 28.6 Å².